The predicted molar refractivity (Wildman–Crippen MR) is 213 cm³/mol. The maximum absolute atomic E-state index is 12.7. The van der Waals surface area contributed by atoms with Crippen LogP contribution in [-0.4, -0.2) is 123 Å². The standard InChI is InChI=1S/C20H22N2O4.C11H7BrO2.C9H16N2O2.ClH/c23-13-18-17-3-2-16(11-14(17)1-4-19(18)24)22-6-5-15(12-22)20(25)21-7-9-26-10-8-21;12-8-2-3-9-7(5-8)1-4-11(14)10(9)6-13;12-9(8-1-2-10-7-8)11-3-5-13-6-4-11;/h1-4,11,13,15,24H,5-10,12H2;1-6,14H;8,10H,1-7H2;1H. The maximum Gasteiger partial charge on any atom is 0.227 e. The molecule has 4 saturated heterocycles. The molecule has 2 amide bonds. The molecule has 12 nitrogen and oxygen atoms in total. The van der Waals surface area contributed by atoms with E-state index in [9.17, 15) is 29.4 Å². The highest BCUT2D eigenvalue weighted by atomic mass is 79.9. The fourth-order valence-electron chi connectivity index (χ4n) is 7.23. The number of phenols is 2. The van der Waals surface area contributed by atoms with Crippen molar-refractivity contribution in [2.45, 2.75) is 12.8 Å². The van der Waals surface area contributed by atoms with Crippen LogP contribution in [0.4, 0.5) is 5.69 Å². The normalized spacial score (nSPS) is 19.6. The van der Waals surface area contributed by atoms with E-state index >= 15 is 0 Å². The Hall–Kier alpha value is -4.27. The van der Waals surface area contributed by atoms with Gasteiger partial charge in [0.2, 0.25) is 11.8 Å². The van der Waals surface area contributed by atoms with Crippen molar-refractivity contribution < 1.29 is 38.9 Å². The zero-order valence-corrected chi connectivity index (χ0v) is 32.4. The molecule has 0 spiro atoms. The van der Waals surface area contributed by atoms with Crippen molar-refractivity contribution in [2.24, 2.45) is 11.8 Å². The van der Waals surface area contributed by atoms with Crippen LogP contribution in [0.15, 0.2) is 65.1 Å². The number of nitrogens with zero attached hydrogens (tertiary/aromatic N) is 3. The van der Waals surface area contributed by atoms with Gasteiger partial charge < -0.3 is 39.7 Å². The summed E-state index contributed by atoms with van der Waals surface area (Å²) in [5.74, 6) is 0.803. The van der Waals surface area contributed by atoms with Crippen LogP contribution in [0.1, 0.15) is 33.6 Å². The second-order valence-corrected chi connectivity index (χ2v) is 14.4. The minimum absolute atomic E-state index is 0. The van der Waals surface area contributed by atoms with Crippen molar-refractivity contribution in [3.8, 4) is 11.5 Å². The van der Waals surface area contributed by atoms with Crippen LogP contribution in [0.25, 0.3) is 21.5 Å². The lowest BCUT2D eigenvalue weighted by atomic mass is 10.0. The summed E-state index contributed by atoms with van der Waals surface area (Å²) in [6.07, 6.45) is 3.20. The lowest BCUT2D eigenvalue weighted by molar-refractivity contribution is -0.139. The summed E-state index contributed by atoms with van der Waals surface area (Å²) in [6.45, 7) is 8.95. The average Bonchev–Trinajstić information content (AvgIpc) is 3.93. The van der Waals surface area contributed by atoms with E-state index in [4.69, 9.17) is 9.47 Å². The SMILES string of the molecule is Cl.O=C(C1CCNC1)N1CCOCC1.O=Cc1c(O)ccc2cc(Br)ccc12.O=Cc1c(O)ccc2cc(N3CCC(C(=O)N4CCOCC4)C3)ccc12. The van der Waals surface area contributed by atoms with Crippen molar-refractivity contribution in [3.05, 3.63) is 76.3 Å². The van der Waals surface area contributed by atoms with Crippen LogP contribution in [0, 0.1) is 11.8 Å². The first kappa shape index (κ1) is 40.9. The highest BCUT2D eigenvalue weighted by molar-refractivity contribution is 9.10. The molecule has 288 valence electrons. The lowest BCUT2D eigenvalue weighted by Gasteiger charge is -2.29. The van der Waals surface area contributed by atoms with Crippen LogP contribution in [0.2, 0.25) is 0 Å². The van der Waals surface area contributed by atoms with E-state index in [1.54, 1.807) is 12.1 Å². The van der Waals surface area contributed by atoms with Gasteiger partial charge in [-0.3, -0.25) is 19.2 Å². The summed E-state index contributed by atoms with van der Waals surface area (Å²) in [7, 11) is 0. The number of halogens is 2. The first-order valence-corrected chi connectivity index (χ1v) is 18.8. The third kappa shape index (κ3) is 9.69. The number of hydrogen-bond acceptors (Lipinski definition) is 10. The Morgan fingerprint density at radius 2 is 1.24 bits per heavy atom. The Bertz CT molecular complexity index is 1950. The van der Waals surface area contributed by atoms with Crippen molar-refractivity contribution in [1.82, 2.24) is 15.1 Å². The van der Waals surface area contributed by atoms with Gasteiger partial charge in [0.1, 0.15) is 11.5 Å². The zero-order valence-electron chi connectivity index (χ0n) is 30.0. The topological polar surface area (TPSA) is 149 Å². The maximum atomic E-state index is 12.7. The van der Waals surface area contributed by atoms with E-state index in [0.717, 1.165) is 77.3 Å². The molecule has 2 atom stereocenters. The number of phenolic OH excluding ortho intramolecular Hbond substituents is 2. The highest BCUT2D eigenvalue weighted by Crippen LogP contribution is 2.32. The van der Waals surface area contributed by atoms with Crippen LogP contribution in [0.3, 0.4) is 0 Å². The summed E-state index contributed by atoms with van der Waals surface area (Å²) in [5.41, 5.74) is 1.70. The van der Waals surface area contributed by atoms with E-state index in [-0.39, 0.29) is 41.6 Å². The van der Waals surface area contributed by atoms with E-state index in [2.05, 4.69) is 26.1 Å². The number of morpholine rings is 2. The number of benzene rings is 4. The van der Waals surface area contributed by atoms with E-state index in [0.29, 0.717) is 75.7 Å². The summed E-state index contributed by atoms with van der Waals surface area (Å²) in [6, 6.07) is 18.1. The fourth-order valence-corrected chi connectivity index (χ4v) is 7.61. The summed E-state index contributed by atoms with van der Waals surface area (Å²) >= 11 is 3.35. The number of aldehydes is 2. The van der Waals surface area contributed by atoms with Crippen LogP contribution >= 0.6 is 28.3 Å². The molecule has 14 heteroatoms. The van der Waals surface area contributed by atoms with E-state index in [1.165, 1.54) is 6.07 Å². The molecule has 54 heavy (non-hydrogen) atoms. The van der Waals surface area contributed by atoms with E-state index in [1.807, 2.05) is 52.3 Å². The van der Waals surface area contributed by atoms with Gasteiger partial charge in [0.25, 0.3) is 0 Å². The zero-order chi connectivity index (χ0) is 37.3. The van der Waals surface area contributed by atoms with Crippen LogP contribution < -0.4 is 10.2 Å². The van der Waals surface area contributed by atoms with Gasteiger partial charge in [-0.25, -0.2) is 0 Å². The van der Waals surface area contributed by atoms with Crippen molar-refractivity contribution in [2.75, 3.05) is 83.7 Å². The lowest BCUT2D eigenvalue weighted by Crippen LogP contribution is -2.44. The average molecular weight is 826 g/mol. The molecule has 0 saturated carbocycles. The number of anilines is 1. The molecule has 0 aliphatic carbocycles. The molecule has 2 unspecified atom stereocenters. The molecule has 4 aromatic rings. The summed E-state index contributed by atoms with van der Waals surface area (Å²) < 4.78 is 11.5. The number of carbonyl (C=O) groups excluding carboxylic acids is 4. The Morgan fingerprint density at radius 1 is 0.704 bits per heavy atom. The second-order valence-electron chi connectivity index (χ2n) is 13.5. The Morgan fingerprint density at radius 3 is 1.78 bits per heavy atom. The minimum atomic E-state index is -0.00223. The van der Waals surface area contributed by atoms with Gasteiger partial charge in [-0.15, -0.1) is 12.4 Å². The number of fused-ring (bicyclic) bond motifs is 2. The third-order valence-corrected chi connectivity index (χ3v) is 10.7. The van der Waals surface area contributed by atoms with Gasteiger partial charge in [-0.05, 0) is 77.3 Å². The van der Waals surface area contributed by atoms with Crippen molar-refractivity contribution >= 4 is 80.0 Å². The summed E-state index contributed by atoms with van der Waals surface area (Å²) in [4.78, 5) is 52.6. The number of amides is 2. The number of rotatable bonds is 5. The van der Waals surface area contributed by atoms with Gasteiger partial charge in [-0.1, -0.05) is 40.2 Å². The largest absolute Gasteiger partial charge is 0.507 e. The molecule has 0 bridgehead atoms. The Labute approximate surface area is 328 Å². The minimum Gasteiger partial charge on any atom is -0.507 e. The number of carbonyl (C=O) groups is 4. The molecule has 4 heterocycles. The second kappa shape index (κ2) is 19.4. The van der Waals surface area contributed by atoms with Crippen molar-refractivity contribution in [1.29, 1.82) is 0 Å². The number of ether oxygens (including phenoxy) is 2. The highest BCUT2D eigenvalue weighted by Gasteiger charge is 2.32. The first-order chi connectivity index (χ1) is 25.8. The number of nitrogens with one attached hydrogen (secondary N) is 1. The number of hydrogen-bond donors (Lipinski definition) is 3. The van der Waals surface area contributed by atoms with E-state index < -0.39 is 0 Å². The van der Waals surface area contributed by atoms with Gasteiger partial charge >= 0.3 is 0 Å². The molecular weight excluding hydrogens is 780 g/mol. The molecular formula is C40H46BrClN4O8. The van der Waals surface area contributed by atoms with Gasteiger partial charge in [0.05, 0.1) is 49.4 Å². The number of aromatic hydroxyl groups is 2. The molecule has 3 N–H and O–H groups in total. The van der Waals surface area contributed by atoms with Crippen molar-refractivity contribution in [3.63, 3.8) is 0 Å². The Kier molecular flexibility index (Phi) is 14.7. The van der Waals surface area contributed by atoms with Crippen LogP contribution in [-0.2, 0) is 19.1 Å². The Balaban J connectivity index is 0.000000169. The molecule has 0 aromatic heterocycles. The fraction of sp³-hybridized carbons (Fsp3) is 0.400. The van der Waals surface area contributed by atoms with Gasteiger partial charge in [-0.2, -0.15) is 0 Å². The smallest absolute Gasteiger partial charge is 0.227 e. The predicted octanol–water partition coefficient (Wildman–Crippen LogP) is 5.04. The molecule has 4 fully saturated rings. The first-order valence-electron chi connectivity index (χ1n) is 18.0. The quantitative estimate of drug-likeness (QED) is 0.234. The molecule has 4 aliphatic heterocycles. The summed E-state index contributed by atoms with van der Waals surface area (Å²) in [5, 5.41) is 25.8. The molecule has 0 radical (unpaired) electrons. The van der Waals surface area contributed by atoms with Crippen LogP contribution in [0.5, 0.6) is 11.5 Å². The van der Waals surface area contributed by atoms with Gasteiger partial charge in [0.15, 0.2) is 12.6 Å². The molecule has 4 aromatic carbocycles. The van der Waals surface area contributed by atoms with Gasteiger partial charge in [0, 0.05) is 56.0 Å². The monoisotopic (exact) mass is 824 g/mol. The molecule has 8 rings (SSSR count). The molecule has 4 aliphatic rings. The third-order valence-electron chi connectivity index (χ3n) is 10.2.